The van der Waals surface area contributed by atoms with Crippen molar-refractivity contribution in [2.75, 3.05) is 11.9 Å². The molecule has 4 heterocycles. The van der Waals surface area contributed by atoms with Crippen molar-refractivity contribution in [2.24, 2.45) is 0 Å². The number of anilines is 1. The third-order valence-corrected chi connectivity index (χ3v) is 5.53. The zero-order valence-electron chi connectivity index (χ0n) is 16.0. The van der Waals surface area contributed by atoms with E-state index in [2.05, 4.69) is 45.6 Å². The van der Waals surface area contributed by atoms with E-state index in [1.54, 1.807) is 6.20 Å². The van der Waals surface area contributed by atoms with Gasteiger partial charge in [0, 0.05) is 48.6 Å². The largest absolute Gasteiger partial charge is 0.379 e. The van der Waals surface area contributed by atoms with Crippen molar-refractivity contribution < 1.29 is 4.74 Å². The quantitative estimate of drug-likeness (QED) is 0.574. The van der Waals surface area contributed by atoms with Crippen molar-refractivity contribution in [3.05, 3.63) is 49.2 Å². The van der Waals surface area contributed by atoms with E-state index in [9.17, 15) is 0 Å². The fourth-order valence-corrected chi connectivity index (χ4v) is 4.08. The lowest BCUT2D eigenvalue weighted by atomic mass is 9.93. The Balaban J connectivity index is 1.35. The minimum absolute atomic E-state index is 0.409. The highest BCUT2D eigenvalue weighted by Crippen LogP contribution is 2.27. The minimum Gasteiger partial charge on any atom is -0.379 e. The topological polar surface area (TPSA) is 68.8 Å². The Labute approximate surface area is 163 Å². The summed E-state index contributed by atoms with van der Waals surface area (Å²) in [5, 5.41) is 8.16. The zero-order chi connectivity index (χ0) is 18.9. The number of imidazole rings is 1. The van der Waals surface area contributed by atoms with Crippen LogP contribution in [0.25, 0.3) is 22.3 Å². The number of nitrogens with zero attached hydrogens (tertiary/aromatic N) is 5. The molecule has 7 heteroatoms. The average Bonchev–Trinajstić information content (AvgIpc) is 3.35. The first-order valence-electron chi connectivity index (χ1n) is 9.96. The lowest BCUT2D eigenvalue weighted by molar-refractivity contribution is 0.0346. The molecule has 4 aromatic heterocycles. The van der Waals surface area contributed by atoms with Crippen molar-refractivity contribution in [3.63, 3.8) is 0 Å². The number of nitrogens with one attached hydrogen (secondary N) is 1. The molecule has 1 saturated carbocycles. The van der Waals surface area contributed by atoms with Gasteiger partial charge in [-0.25, -0.2) is 14.5 Å². The van der Waals surface area contributed by atoms with E-state index in [0.29, 0.717) is 18.1 Å². The van der Waals surface area contributed by atoms with Gasteiger partial charge in [-0.15, -0.1) is 5.10 Å². The van der Waals surface area contributed by atoms with Crippen molar-refractivity contribution >= 4 is 17.1 Å². The second-order valence-electron chi connectivity index (χ2n) is 7.32. The first-order valence-corrected chi connectivity index (χ1v) is 9.96. The smallest absolute Gasteiger partial charge is 0.241 e. The summed E-state index contributed by atoms with van der Waals surface area (Å²) in [6.45, 7) is 2.86. The van der Waals surface area contributed by atoms with Crippen LogP contribution in [0.15, 0.2) is 49.2 Å². The summed E-state index contributed by atoms with van der Waals surface area (Å²) in [7, 11) is 0. The van der Waals surface area contributed by atoms with Crippen molar-refractivity contribution in [1.82, 2.24) is 24.0 Å². The predicted octanol–water partition coefficient (Wildman–Crippen LogP) is 3.80. The fraction of sp³-hybridized carbons (Fsp3) is 0.381. The Morgan fingerprint density at radius 1 is 1.11 bits per heavy atom. The lowest BCUT2D eigenvalue weighted by Crippen LogP contribution is -2.30. The highest BCUT2D eigenvalue weighted by molar-refractivity contribution is 5.80. The Hall–Kier alpha value is -2.93. The molecule has 0 aromatic carbocycles. The molecule has 5 rings (SSSR count). The molecule has 1 aliphatic carbocycles. The molecule has 144 valence electrons. The van der Waals surface area contributed by atoms with Gasteiger partial charge in [0.2, 0.25) is 5.95 Å². The second kappa shape index (κ2) is 7.24. The number of ether oxygens (including phenoxy) is 1. The standard InChI is InChI=1S/C21H24N6O/c1-2-28-17-6-4-16(5-7-17)24-21-23-13-19-18(9-11-27(19)25-21)15-3-8-20-22-10-12-26(20)14-15/h3,8-14,16-17H,2,4-7H2,1H3,(H,24,25). The normalized spacial score (nSPS) is 20.0. The minimum atomic E-state index is 0.409. The molecule has 1 N–H and O–H groups in total. The van der Waals surface area contributed by atoms with Crippen LogP contribution in [-0.4, -0.2) is 42.7 Å². The van der Waals surface area contributed by atoms with Crippen LogP contribution < -0.4 is 5.32 Å². The summed E-state index contributed by atoms with van der Waals surface area (Å²) >= 11 is 0. The Morgan fingerprint density at radius 2 is 2.00 bits per heavy atom. The molecule has 1 aliphatic rings. The summed E-state index contributed by atoms with van der Waals surface area (Å²) < 4.78 is 9.66. The van der Waals surface area contributed by atoms with Crippen LogP contribution in [0.3, 0.4) is 0 Å². The van der Waals surface area contributed by atoms with Crippen LogP contribution >= 0.6 is 0 Å². The first-order chi connectivity index (χ1) is 13.8. The molecule has 28 heavy (non-hydrogen) atoms. The monoisotopic (exact) mass is 376 g/mol. The van der Waals surface area contributed by atoms with Crippen molar-refractivity contribution in [1.29, 1.82) is 0 Å². The summed E-state index contributed by atoms with van der Waals surface area (Å²) in [6, 6.07) is 6.60. The van der Waals surface area contributed by atoms with E-state index in [-0.39, 0.29) is 0 Å². The Bertz CT molecular complexity index is 1090. The average molecular weight is 376 g/mol. The van der Waals surface area contributed by atoms with E-state index in [4.69, 9.17) is 4.74 Å². The SMILES string of the molecule is CCOC1CCC(Nc2ncc3c(-c4ccc5nccn5c4)ccn3n2)CC1. The maximum absolute atomic E-state index is 5.74. The summed E-state index contributed by atoms with van der Waals surface area (Å²) in [5.74, 6) is 0.680. The lowest BCUT2D eigenvalue weighted by Gasteiger charge is -2.28. The van der Waals surface area contributed by atoms with Crippen LogP contribution in [0.2, 0.25) is 0 Å². The number of rotatable bonds is 5. The first kappa shape index (κ1) is 17.2. The van der Waals surface area contributed by atoms with Gasteiger partial charge in [-0.05, 0) is 50.8 Å². The maximum atomic E-state index is 5.74. The van der Waals surface area contributed by atoms with Gasteiger partial charge < -0.3 is 14.5 Å². The van der Waals surface area contributed by atoms with Crippen LogP contribution in [0, 0.1) is 0 Å². The summed E-state index contributed by atoms with van der Waals surface area (Å²) in [6.07, 6.45) is 14.5. The van der Waals surface area contributed by atoms with E-state index in [1.807, 2.05) is 33.6 Å². The highest BCUT2D eigenvalue weighted by Gasteiger charge is 2.22. The van der Waals surface area contributed by atoms with Gasteiger partial charge >= 0.3 is 0 Å². The Kier molecular flexibility index (Phi) is 4.44. The number of fused-ring (bicyclic) bond motifs is 2. The molecule has 0 saturated heterocycles. The Morgan fingerprint density at radius 3 is 2.86 bits per heavy atom. The maximum Gasteiger partial charge on any atom is 0.241 e. The molecule has 0 bridgehead atoms. The molecule has 0 radical (unpaired) electrons. The molecule has 7 nitrogen and oxygen atoms in total. The van der Waals surface area contributed by atoms with E-state index in [1.165, 1.54) is 0 Å². The molecule has 0 atom stereocenters. The molecule has 4 aromatic rings. The molecule has 0 amide bonds. The zero-order valence-corrected chi connectivity index (χ0v) is 16.0. The van der Waals surface area contributed by atoms with Crippen LogP contribution in [0.1, 0.15) is 32.6 Å². The van der Waals surface area contributed by atoms with E-state index in [0.717, 1.165) is 54.6 Å². The third-order valence-electron chi connectivity index (χ3n) is 5.53. The number of hydrogen-bond donors (Lipinski definition) is 1. The van der Waals surface area contributed by atoms with Gasteiger partial charge in [0.05, 0.1) is 17.8 Å². The molecule has 1 fully saturated rings. The van der Waals surface area contributed by atoms with Gasteiger partial charge in [-0.3, -0.25) is 0 Å². The molecular weight excluding hydrogens is 352 g/mol. The van der Waals surface area contributed by atoms with Gasteiger partial charge in [0.25, 0.3) is 0 Å². The van der Waals surface area contributed by atoms with Crippen molar-refractivity contribution in [2.45, 2.75) is 44.8 Å². The van der Waals surface area contributed by atoms with Gasteiger partial charge in [-0.2, -0.15) is 0 Å². The van der Waals surface area contributed by atoms with Crippen LogP contribution in [0.4, 0.5) is 5.95 Å². The summed E-state index contributed by atoms with van der Waals surface area (Å²) in [4.78, 5) is 8.88. The van der Waals surface area contributed by atoms with Crippen molar-refractivity contribution in [3.8, 4) is 11.1 Å². The van der Waals surface area contributed by atoms with Crippen LogP contribution in [-0.2, 0) is 4.74 Å². The number of hydrogen-bond acceptors (Lipinski definition) is 5. The van der Waals surface area contributed by atoms with E-state index < -0.39 is 0 Å². The molecule has 0 spiro atoms. The predicted molar refractivity (Wildman–Crippen MR) is 108 cm³/mol. The summed E-state index contributed by atoms with van der Waals surface area (Å²) in [5.41, 5.74) is 4.16. The third kappa shape index (κ3) is 3.22. The van der Waals surface area contributed by atoms with Gasteiger partial charge in [0.1, 0.15) is 5.65 Å². The highest BCUT2D eigenvalue weighted by atomic mass is 16.5. The van der Waals surface area contributed by atoms with Gasteiger partial charge in [-0.1, -0.05) is 0 Å². The van der Waals surface area contributed by atoms with E-state index >= 15 is 0 Å². The number of pyridine rings is 1. The second-order valence-corrected chi connectivity index (χ2v) is 7.32. The molecular formula is C21H24N6O. The fourth-order valence-electron chi connectivity index (χ4n) is 4.08. The molecule has 0 unspecified atom stereocenters. The molecule has 0 aliphatic heterocycles. The van der Waals surface area contributed by atoms with Gasteiger partial charge in [0.15, 0.2) is 0 Å². The van der Waals surface area contributed by atoms with Crippen LogP contribution in [0.5, 0.6) is 0 Å². The number of aromatic nitrogens is 5.